The zero-order valence-electron chi connectivity index (χ0n) is 9.52. The number of benzene rings is 1. The zero-order valence-corrected chi connectivity index (χ0v) is 9.52. The van der Waals surface area contributed by atoms with E-state index in [-0.39, 0.29) is 0 Å². The third-order valence-corrected chi connectivity index (χ3v) is 2.41. The van der Waals surface area contributed by atoms with Gasteiger partial charge in [-0.2, -0.15) is 13.2 Å². The van der Waals surface area contributed by atoms with E-state index in [1.165, 1.54) is 23.4 Å². The Morgan fingerprint density at radius 3 is 2.33 bits per heavy atom. The SMILES string of the molecule is CN(c1cccc(C(F)(F)F)c1)c1ncccn1. The van der Waals surface area contributed by atoms with Gasteiger partial charge in [0.05, 0.1) is 5.56 Å². The molecule has 94 valence electrons. The highest BCUT2D eigenvalue weighted by Crippen LogP contribution is 2.32. The van der Waals surface area contributed by atoms with E-state index in [0.717, 1.165) is 12.1 Å². The quantitative estimate of drug-likeness (QED) is 0.822. The molecule has 1 heterocycles. The van der Waals surface area contributed by atoms with Crippen molar-refractivity contribution in [3.8, 4) is 0 Å². The Balaban J connectivity index is 2.35. The van der Waals surface area contributed by atoms with Crippen molar-refractivity contribution in [3.63, 3.8) is 0 Å². The Morgan fingerprint density at radius 1 is 1.06 bits per heavy atom. The molecule has 0 aliphatic carbocycles. The fraction of sp³-hybridized carbons (Fsp3) is 0.167. The molecule has 2 aromatic rings. The van der Waals surface area contributed by atoms with Gasteiger partial charge in [0, 0.05) is 25.1 Å². The summed E-state index contributed by atoms with van der Waals surface area (Å²) in [4.78, 5) is 9.46. The lowest BCUT2D eigenvalue weighted by atomic mass is 10.2. The second-order valence-electron chi connectivity index (χ2n) is 3.66. The molecule has 0 spiro atoms. The second kappa shape index (κ2) is 4.64. The van der Waals surface area contributed by atoms with Crippen molar-refractivity contribution in [2.45, 2.75) is 6.18 Å². The van der Waals surface area contributed by atoms with Crippen molar-refractivity contribution < 1.29 is 13.2 Å². The second-order valence-corrected chi connectivity index (χ2v) is 3.66. The summed E-state index contributed by atoms with van der Waals surface area (Å²) in [5.74, 6) is 0.344. The molecular weight excluding hydrogens is 243 g/mol. The van der Waals surface area contributed by atoms with E-state index in [2.05, 4.69) is 9.97 Å². The molecule has 0 N–H and O–H groups in total. The summed E-state index contributed by atoms with van der Waals surface area (Å²) in [6, 6.07) is 6.67. The van der Waals surface area contributed by atoms with E-state index >= 15 is 0 Å². The van der Waals surface area contributed by atoms with Gasteiger partial charge in [0.25, 0.3) is 0 Å². The summed E-state index contributed by atoms with van der Waals surface area (Å²) < 4.78 is 37.8. The maximum Gasteiger partial charge on any atom is 0.416 e. The summed E-state index contributed by atoms with van der Waals surface area (Å²) in [6.45, 7) is 0. The van der Waals surface area contributed by atoms with E-state index in [1.807, 2.05) is 0 Å². The van der Waals surface area contributed by atoms with Crippen LogP contribution in [0.4, 0.5) is 24.8 Å². The Bertz CT molecular complexity index is 526. The number of alkyl halides is 3. The van der Waals surface area contributed by atoms with Crippen LogP contribution in [0.15, 0.2) is 42.7 Å². The monoisotopic (exact) mass is 253 g/mol. The van der Waals surface area contributed by atoms with Crippen molar-refractivity contribution in [3.05, 3.63) is 48.3 Å². The zero-order chi connectivity index (χ0) is 13.2. The highest BCUT2D eigenvalue weighted by Gasteiger charge is 2.30. The van der Waals surface area contributed by atoms with Crippen molar-refractivity contribution in [2.24, 2.45) is 0 Å². The topological polar surface area (TPSA) is 29.0 Å². The van der Waals surface area contributed by atoms with Crippen LogP contribution in [0.1, 0.15) is 5.56 Å². The molecule has 0 fully saturated rings. The molecule has 0 saturated heterocycles. The predicted octanol–water partition coefficient (Wildman–Crippen LogP) is 3.26. The lowest BCUT2D eigenvalue weighted by Crippen LogP contribution is -2.14. The highest BCUT2D eigenvalue weighted by molar-refractivity contribution is 5.57. The Morgan fingerprint density at radius 2 is 1.72 bits per heavy atom. The fourth-order valence-electron chi connectivity index (χ4n) is 1.47. The molecule has 1 aromatic carbocycles. The van der Waals surface area contributed by atoms with Crippen LogP contribution < -0.4 is 4.90 Å². The van der Waals surface area contributed by atoms with Crippen molar-refractivity contribution in [2.75, 3.05) is 11.9 Å². The maximum absolute atomic E-state index is 12.6. The molecule has 3 nitrogen and oxygen atoms in total. The third-order valence-electron chi connectivity index (χ3n) is 2.41. The average molecular weight is 253 g/mol. The molecule has 0 saturated carbocycles. The molecule has 18 heavy (non-hydrogen) atoms. The Labute approximate surface area is 102 Å². The molecular formula is C12H10F3N3. The van der Waals surface area contributed by atoms with Gasteiger partial charge in [-0.05, 0) is 24.3 Å². The van der Waals surface area contributed by atoms with E-state index in [1.54, 1.807) is 19.2 Å². The van der Waals surface area contributed by atoms with Gasteiger partial charge in [0.1, 0.15) is 0 Å². The number of nitrogens with zero attached hydrogens (tertiary/aromatic N) is 3. The van der Waals surface area contributed by atoms with Gasteiger partial charge in [0.15, 0.2) is 0 Å². The van der Waals surface area contributed by atoms with Crippen molar-refractivity contribution >= 4 is 11.6 Å². The van der Waals surface area contributed by atoms with Crippen LogP contribution >= 0.6 is 0 Å². The largest absolute Gasteiger partial charge is 0.416 e. The Kier molecular flexibility index (Phi) is 3.18. The van der Waals surface area contributed by atoms with E-state index < -0.39 is 11.7 Å². The molecule has 0 atom stereocenters. The van der Waals surface area contributed by atoms with E-state index in [0.29, 0.717) is 11.6 Å². The molecule has 0 aliphatic heterocycles. The van der Waals surface area contributed by atoms with Gasteiger partial charge in [-0.15, -0.1) is 0 Å². The number of aromatic nitrogens is 2. The van der Waals surface area contributed by atoms with Gasteiger partial charge < -0.3 is 4.90 Å². The van der Waals surface area contributed by atoms with E-state index in [9.17, 15) is 13.2 Å². The summed E-state index contributed by atoms with van der Waals surface area (Å²) in [5.41, 5.74) is -0.307. The van der Waals surface area contributed by atoms with Crippen molar-refractivity contribution in [1.82, 2.24) is 9.97 Å². The van der Waals surface area contributed by atoms with Crippen molar-refractivity contribution in [1.29, 1.82) is 0 Å². The molecule has 1 aromatic heterocycles. The highest BCUT2D eigenvalue weighted by atomic mass is 19.4. The summed E-state index contributed by atoms with van der Waals surface area (Å²) in [7, 11) is 1.62. The number of anilines is 2. The van der Waals surface area contributed by atoms with Crippen LogP contribution in [-0.4, -0.2) is 17.0 Å². The first kappa shape index (κ1) is 12.3. The minimum atomic E-state index is -4.35. The number of rotatable bonds is 2. The molecule has 0 bridgehead atoms. The molecule has 0 aliphatic rings. The first-order valence-corrected chi connectivity index (χ1v) is 5.16. The molecule has 2 rings (SSSR count). The van der Waals surface area contributed by atoms with Crippen LogP contribution in [0.3, 0.4) is 0 Å². The molecule has 0 unspecified atom stereocenters. The lowest BCUT2D eigenvalue weighted by molar-refractivity contribution is -0.137. The van der Waals surface area contributed by atoms with Crippen LogP contribution in [0, 0.1) is 0 Å². The number of hydrogen-bond donors (Lipinski definition) is 0. The van der Waals surface area contributed by atoms with Gasteiger partial charge in [-0.1, -0.05) is 6.07 Å². The third kappa shape index (κ3) is 2.58. The molecule has 0 amide bonds. The predicted molar refractivity (Wildman–Crippen MR) is 61.5 cm³/mol. The number of hydrogen-bond acceptors (Lipinski definition) is 3. The van der Waals surface area contributed by atoms with Crippen LogP contribution in [0.5, 0.6) is 0 Å². The lowest BCUT2D eigenvalue weighted by Gasteiger charge is -2.18. The normalized spacial score (nSPS) is 11.3. The number of halogens is 3. The Hall–Kier alpha value is -2.11. The fourth-order valence-corrected chi connectivity index (χ4v) is 1.47. The van der Waals surface area contributed by atoms with Crippen LogP contribution in [0.2, 0.25) is 0 Å². The van der Waals surface area contributed by atoms with Crippen LogP contribution in [-0.2, 0) is 6.18 Å². The van der Waals surface area contributed by atoms with Crippen LogP contribution in [0.25, 0.3) is 0 Å². The maximum atomic E-state index is 12.6. The molecule has 0 radical (unpaired) electrons. The van der Waals surface area contributed by atoms with Gasteiger partial charge in [-0.25, -0.2) is 9.97 Å². The average Bonchev–Trinajstić information content (AvgIpc) is 2.38. The molecule has 6 heteroatoms. The minimum Gasteiger partial charge on any atom is -0.314 e. The summed E-state index contributed by atoms with van der Waals surface area (Å²) >= 11 is 0. The van der Waals surface area contributed by atoms with Gasteiger partial charge in [-0.3, -0.25) is 0 Å². The first-order chi connectivity index (χ1) is 8.48. The van der Waals surface area contributed by atoms with Gasteiger partial charge >= 0.3 is 6.18 Å². The van der Waals surface area contributed by atoms with Gasteiger partial charge in [0.2, 0.25) is 5.95 Å². The minimum absolute atomic E-state index is 0.344. The standard InChI is InChI=1S/C12H10F3N3/c1-18(11-16-6-3-7-17-11)10-5-2-4-9(8-10)12(13,14)15/h2-8H,1H3. The van der Waals surface area contributed by atoms with E-state index in [4.69, 9.17) is 0 Å². The summed E-state index contributed by atoms with van der Waals surface area (Å²) in [5, 5.41) is 0. The smallest absolute Gasteiger partial charge is 0.314 e. The summed E-state index contributed by atoms with van der Waals surface area (Å²) in [6.07, 6.45) is -1.28. The first-order valence-electron chi connectivity index (χ1n) is 5.16.